The van der Waals surface area contributed by atoms with Gasteiger partial charge >= 0.3 is 0 Å². The van der Waals surface area contributed by atoms with Crippen LogP contribution >= 0.6 is 0 Å². The van der Waals surface area contributed by atoms with Gasteiger partial charge in [-0.2, -0.15) is 0 Å². The molecule has 0 atom stereocenters. The zero-order chi connectivity index (χ0) is 15.2. The van der Waals surface area contributed by atoms with Crippen molar-refractivity contribution in [3.05, 3.63) is 47.7 Å². The summed E-state index contributed by atoms with van der Waals surface area (Å²) in [5.41, 5.74) is 12.5. The molecule has 0 spiro atoms. The molecule has 0 bridgehead atoms. The number of nitrogens with two attached hydrogens (primary N) is 2. The van der Waals surface area contributed by atoms with E-state index < -0.39 is 5.91 Å². The number of pyridine rings is 1. The number of primary amides is 1. The lowest BCUT2D eigenvalue weighted by atomic mass is 10.2. The second-order valence-electron chi connectivity index (χ2n) is 4.61. The fraction of sp³-hybridized carbons (Fsp3) is 0.200. The fourth-order valence-electron chi connectivity index (χ4n) is 1.83. The van der Waals surface area contributed by atoms with E-state index in [0.717, 1.165) is 11.3 Å². The van der Waals surface area contributed by atoms with Crippen LogP contribution in [0.5, 0.6) is 5.75 Å². The van der Waals surface area contributed by atoms with Crippen LogP contribution in [-0.4, -0.2) is 24.0 Å². The molecule has 6 heteroatoms. The number of benzene rings is 1. The molecule has 0 aliphatic heterocycles. The molecule has 2 aromatic rings. The Morgan fingerprint density at radius 3 is 2.90 bits per heavy atom. The molecule has 0 saturated carbocycles. The average Bonchev–Trinajstić information content (AvgIpc) is 2.45. The maximum absolute atomic E-state index is 11.2. The quantitative estimate of drug-likeness (QED) is 0.699. The van der Waals surface area contributed by atoms with Crippen molar-refractivity contribution >= 4 is 17.4 Å². The Morgan fingerprint density at radius 2 is 2.19 bits per heavy atom. The van der Waals surface area contributed by atoms with E-state index in [1.54, 1.807) is 0 Å². The first kappa shape index (κ1) is 14.6. The fourth-order valence-corrected chi connectivity index (χ4v) is 1.83. The van der Waals surface area contributed by atoms with Gasteiger partial charge in [-0.3, -0.25) is 4.79 Å². The summed E-state index contributed by atoms with van der Waals surface area (Å²) in [5.74, 6) is 0.777. The minimum atomic E-state index is -0.575. The van der Waals surface area contributed by atoms with Crippen molar-refractivity contribution in [1.29, 1.82) is 0 Å². The van der Waals surface area contributed by atoms with Crippen LogP contribution in [0, 0.1) is 6.92 Å². The van der Waals surface area contributed by atoms with Gasteiger partial charge in [-0.25, -0.2) is 4.98 Å². The lowest BCUT2D eigenvalue weighted by molar-refractivity contribution is 0.100. The molecule has 5 N–H and O–H groups in total. The Kier molecular flexibility index (Phi) is 4.61. The maximum atomic E-state index is 11.2. The van der Waals surface area contributed by atoms with E-state index in [1.165, 1.54) is 12.3 Å². The Hall–Kier alpha value is -2.76. The predicted octanol–water partition coefficient (Wildman–Crippen LogP) is 1.56. The highest BCUT2D eigenvalue weighted by molar-refractivity contribution is 5.98. The lowest BCUT2D eigenvalue weighted by Crippen LogP contribution is -2.16. The molecule has 1 aromatic carbocycles. The summed E-state index contributed by atoms with van der Waals surface area (Å²) in [5, 5.41) is 3.05. The van der Waals surface area contributed by atoms with Crippen LogP contribution in [0.2, 0.25) is 0 Å². The van der Waals surface area contributed by atoms with Crippen LogP contribution in [0.25, 0.3) is 0 Å². The Morgan fingerprint density at radius 1 is 1.38 bits per heavy atom. The number of nitrogen functional groups attached to an aromatic ring is 1. The Bertz CT molecular complexity index is 643. The highest BCUT2D eigenvalue weighted by atomic mass is 16.5. The number of nitrogens with one attached hydrogen (secondary N) is 1. The number of hydrogen-bond donors (Lipinski definition) is 3. The molecule has 21 heavy (non-hydrogen) atoms. The molecular formula is C15H18N4O2. The second kappa shape index (κ2) is 6.60. The summed E-state index contributed by atoms with van der Waals surface area (Å²) in [7, 11) is 0. The van der Waals surface area contributed by atoms with E-state index in [0.29, 0.717) is 19.0 Å². The number of carbonyl (C=O) groups excluding carboxylic acids is 1. The van der Waals surface area contributed by atoms with E-state index in [9.17, 15) is 4.79 Å². The summed E-state index contributed by atoms with van der Waals surface area (Å²) < 4.78 is 5.60. The van der Waals surface area contributed by atoms with Crippen molar-refractivity contribution in [3.8, 4) is 5.75 Å². The number of aryl methyl sites for hydroxylation is 1. The normalized spacial score (nSPS) is 10.1. The number of anilines is 2. The molecule has 0 saturated heterocycles. The first-order valence-electron chi connectivity index (χ1n) is 6.55. The zero-order valence-corrected chi connectivity index (χ0v) is 11.8. The number of amides is 1. The van der Waals surface area contributed by atoms with Crippen molar-refractivity contribution in [1.82, 2.24) is 4.98 Å². The Balaban J connectivity index is 1.86. The number of nitrogens with zero attached hydrogens (tertiary/aromatic N) is 1. The third-order valence-corrected chi connectivity index (χ3v) is 2.87. The lowest BCUT2D eigenvalue weighted by Gasteiger charge is -2.09. The first-order chi connectivity index (χ1) is 10.1. The molecule has 0 unspecified atom stereocenters. The minimum absolute atomic E-state index is 0.257. The van der Waals surface area contributed by atoms with Crippen LogP contribution in [0.3, 0.4) is 0 Å². The first-order valence-corrected chi connectivity index (χ1v) is 6.55. The zero-order valence-electron chi connectivity index (χ0n) is 11.8. The summed E-state index contributed by atoms with van der Waals surface area (Å²) >= 11 is 0. The van der Waals surface area contributed by atoms with E-state index in [4.69, 9.17) is 16.2 Å². The van der Waals surface area contributed by atoms with Gasteiger partial charge in [0.05, 0.1) is 24.0 Å². The van der Waals surface area contributed by atoms with Crippen LogP contribution in [-0.2, 0) is 0 Å². The molecule has 0 aliphatic carbocycles. The van der Waals surface area contributed by atoms with Gasteiger partial charge in [0.1, 0.15) is 18.2 Å². The highest BCUT2D eigenvalue weighted by Gasteiger charge is 2.07. The van der Waals surface area contributed by atoms with Crippen molar-refractivity contribution in [3.63, 3.8) is 0 Å². The van der Waals surface area contributed by atoms with E-state index in [-0.39, 0.29) is 11.3 Å². The molecule has 1 heterocycles. The SMILES string of the molecule is Cc1cccc(OCCNc2cc(C(N)=O)c(N)cn2)c1. The van der Waals surface area contributed by atoms with Crippen molar-refractivity contribution < 1.29 is 9.53 Å². The monoisotopic (exact) mass is 286 g/mol. The third-order valence-electron chi connectivity index (χ3n) is 2.87. The van der Waals surface area contributed by atoms with Gasteiger partial charge in [-0.15, -0.1) is 0 Å². The molecule has 1 amide bonds. The highest BCUT2D eigenvalue weighted by Crippen LogP contribution is 2.14. The number of rotatable bonds is 6. The topological polar surface area (TPSA) is 103 Å². The van der Waals surface area contributed by atoms with Crippen LogP contribution in [0.15, 0.2) is 36.5 Å². The Labute approximate surface area is 123 Å². The van der Waals surface area contributed by atoms with Gasteiger partial charge in [0.15, 0.2) is 0 Å². The second-order valence-corrected chi connectivity index (χ2v) is 4.61. The van der Waals surface area contributed by atoms with Crippen LogP contribution in [0.1, 0.15) is 15.9 Å². The molecule has 1 aromatic heterocycles. The van der Waals surface area contributed by atoms with Gasteiger partial charge in [0.2, 0.25) is 0 Å². The van der Waals surface area contributed by atoms with Gasteiger partial charge in [-0.05, 0) is 30.7 Å². The number of hydrogen-bond acceptors (Lipinski definition) is 5. The molecule has 6 nitrogen and oxygen atoms in total. The number of ether oxygens (including phenoxy) is 1. The van der Waals surface area contributed by atoms with E-state index in [1.807, 2.05) is 31.2 Å². The largest absolute Gasteiger partial charge is 0.492 e. The smallest absolute Gasteiger partial charge is 0.250 e. The van der Waals surface area contributed by atoms with Crippen LogP contribution in [0.4, 0.5) is 11.5 Å². The summed E-state index contributed by atoms with van der Waals surface area (Å²) in [6.07, 6.45) is 1.41. The minimum Gasteiger partial charge on any atom is -0.492 e. The number of aromatic nitrogens is 1. The number of carbonyl (C=O) groups is 1. The standard InChI is InChI=1S/C15H18N4O2/c1-10-3-2-4-11(7-10)21-6-5-18-14-8-12(15(17)20)13(16)9-19-14/h2-4,7-9H,5-6,16H2,1H3,(H2,17,20)(H,18,19). The summed E-state index contributed by atoms with van der Waals surface area (Å²) in [6, 6.07) is 9.35. The van der Waals surface area contributed by atoms with Crippen molar-refractivity contribution in [2.75, 3.05) is 24.2 Å². The van der Waals surface area contributed by atoms with Gasteiger partial charge in [0.25, 0.3) is 5.91 Å². The van der Waals surface area contributed by atoms with Gasteiger partial charge in [-0.1, -0.05) is 12.1 Å². The molecule has 0 radical (unpaired) electrons. The maximum Gasteiger partial charge on any atom is 0.250 e. The molecule has 0 aliphatic rings. The van der Waals surface area contributed by atoms with Gasteiger partial charge < -0.3 is 21.5 Å². The molecular weight excluding hydrogens is 268 g/mol. The van der Waals surface area contributed by atoms with E-state index >= 15 is 0 Å². The predicted molar refractivity (Wildman–Crippen MR) is 82.3 cm³/mol. The van der Waals surface area contributed by atoms with Gasteiger partial charge in [0, 0.05) is 0 Å². The third kappa shape index (κ3) is 4.10. The summed E-state index contributed by atoms with van der Waals surface area (Å²) in [6.45, 7) is 3.03. The van der Waals surface area contributed by atoms with Crippen molar-refractivity contribution in [2.45, 2.75) is 6.92 Å². The molecule has 0 fully saturated rings. The summed E-state index contributed by atoms with van der Waals surface area (Å²) in [4.78, 5) is 15.3. The van der Waals surface area contributed by atoms with E-state index in [2.05, 4.69) is 10.3 Å². The van der Waals surface area contributed by atoms with Crippen LogP contribution < -0.4 is 21.5 Å². The average molecular weight is 286 g/mol. The van der Waals surface area contributed by atoms with Crippen molar-refractivity contribution in [2.24, 2.45) is 5.73 Å². The molecule has 2 rings (SSSR count). The molecule has 110 valence electrons.